The van der Waals surface area contributed by atoms with E-state index in [1.807, 2.05) is 30.3 Å². The van der Waals surface area contributed by atoms with E-state index in [1.165, 1.54) is 11.3 Å². The molecule has 1 amide bonds. The van der Waals surface area contributed by atoms with E-state index < -0.39 is 10.0 Å². The standard InChI is InChI=1S/C23H26N2O3S2/c1-24(2)23(26)22-20(19-13-6-7-14-21(19)29-22)16-17-10-8-9-15-25(17)30(27,28)18-11-4-3-5-12-18/h3-7,11-14,17H,8-10,15-16H2,1-2H3/t17-/m0/s1. The first-order chi connectivity index (χ1) is 14.4. The smallest absolute Gasteiger partial charge is 0.263 e. The third kappa shape index (κ3) is 3.89. The Hall–Kier alpha value is -2.22. The molecule has 1 aliphatic heterocycles. The van der Waals surface area contributed by atoms with Crippen molar-refractivity contribution in [2.45, 2.75) is 36.6 Å². The van der Waals surface area contributed by atoms with Crippen LogP contribution in [0.2, 0.25) is 0 Å². The van der Waals surface area contributed by atoms with E-state index in [2.05, 4.69) is 0 Å². The molecule has 0 unspecified atom stereocenters. The maximum Gasteiger partial charge on any atom is 0.263 e. The van der Waals surface area contributed by atoms with Gasteiger partial charge in [0.05, 0.1) is 9.77 Å². The number of carbonyl (C=O) groups is 1. The van der Waals surface area contributed by atoms with Crippen molar-refractivity contribution < 1.29 is 13.2 Å². The van der Waals surface area contributed by atoms with Crippen LogP contribution in [0.4, 0.5) is 0 Å². The summed E-state index contributed by atoms with van der Waals surface area (Å²) in [4.78, 5) is 15.5. The second-order valence-corrected chi connectivity index (χ2v) is 10.8. The molecule has 0 aliphatic carbocycles. The lowest BCUT2D eigenvalue weighted by atomic mass is 9.95. The molecule has 1 saturated heterocycles. The molecule has 30 heavy (non-hydrogen) atoms. The molecule has 0 N–H and O–H groups in total. The fraction of sp³-hybridized carbons (Fsp3) is 0.348. The highest BCUT2D eigenvalue weighted by molar-refractivity contribution is 7.89. The average Bonchev–Trinajstić information content (AvgIpc) is 3.12. The number of carbonyl (C=O) groups excluding carboxylic acids is 1. The molecule has 1 aromatic heterocycles. The van der Waals surface area contributed by atoms with Crippen LogP contribution in [0.1, 0.15) is 34.5 Å². The van der Waals surface area contributed by atoms with Crippen LogP contribution in [0.5, 0.6) is 0 Å². The van der Waals surface area contributed by atoms with Gasteiger partial charge >= 0.3 is 0 Å². The van der Waals surface area contributed by atoms with Gasteiger partial charge in [0.1, 0.15) is 0 Å². The molecule has 2 aromatic carbocycles. The summed E-state index contributed by atoms with van der Waals surface area (Å²) < 4.78 is 29.5. The maximum absolute atomic E-state index is 13.4. The monoisotopic (exact) mass is 442 g/mol. The lowest BCUT2D eigenvalue weighted by Gasteiger charge is -2.35. The topological polar surface area (TPSA) is 57.7 Å². The molecule has 1 fully saturated rings. The van der Waals surface area contributed by atoms with Crippen molar-refractivity contribution in [2.75, 3.05) is 20.6 Å². The van der Waals surface area contributed by atoms with Crippen molar-refractivity contribution >= 4 is 37.4 Å². The normalized spacial score (nSPS) is 17.9. The Bertz CT molecular complexity index is 1150. The van der Waals surface area contributed by atoms with Gasteiger partial charge in [0.15, 0.2) is 0 Å². The van der Waals surface area contributed by atoms with Crippen molar-refractivity contribution in [1.29, 1.82) is 0 Å². The van der Waals surface area contributed by atoms with Crippen LogP contribution in [0.15, 0.2) is 59.5 Å². The molecular weight excluding hydrogens is 416 g/mol. The molecule has 1 aliphatic rings. The fourth-order valence-corrected chi connectivity index (χ4v) is 7.10. The van der Waals surface area contributed by atoms with Crippen molar-refractivity contribution in [1.82, 2.24) is 9.21 Å². The molecular formula is C23H26N2O3S2. The quantitative estimate of drug-likeness (QED) is 0.589. The first-order valence-electron chi connectivity index (χ1n) is 10.2. The van der Waals surface area contributed by atoms with E-state index in [9.17, 15) is 13.2 Å². The first kappa shape index (κ1) is 21.0. The summed E-state index contributed by atoms with van der Waals surface area (Å²) in [5.74, 6) is -0.0283. The largest absolute Gasteiger partial charge is 0.344 e. The molecule has 158 valence electrons. The highest BCUT2D eigenvalue weighted by Crippen LogP contribution is 2.36. The second-order valence-electron chi connectivity index (χ2n) is 7.89. The van der Waals surface area contributed by atoms with Gasteiger partial charge in [0.2, 0.25) is 10.0 Å². The number of hydrogen-bond acceptors (Lipinski definition) is 4. The Morgan fingerprint density at radius 1 is 1.07 bits per heavy atom. The van der Waals surface area contributed by atoms with Crippen LogP contribution in [0.3, 0.4) is 0 Å². The highest BCUT2D eigenvalue weighted by atomic mass is 32.2. The number of amides is 1. The van der Waals surface area contributed by atoms with Crippen LogP contribution >= 0.6 is 11.3 Å². The summed E-state index contributed by atoms with van der Waals surface area (Å²) >= 11 is 1.49. The molecule has 5 nitrogen and oxygen atoms in total. The maximum atomic E-state index is 13.4. The van der Waals surface area contributed by atoms with Gasteiger partial charge < -0.3 is 4.90 Å². The summed E-state index contributed by atoms with van der Waals surface area (Å²) in [6.45, 7) is 0.515. The number of sulfonamides is 1. The third-order valence-electron chi connectivity index (χ3n) is 5.66. The number of piperidine rings is 1. The highest BCUT2D eigenvalue weighted by Gasteiger charge is 2.35. The molecule has 0 bridgehead atoms. The Morgan fingerprint density at radius 2 is 1.77 bits per heavy atom. The predicted molar refractivity (Wildman–Crippen MR) is 122 cm³/mol. The Kier molecular flexibility index (Phi) is 5.95. The van der Waals surface area contributed by atoms with Gasteiger partial charge in [-0.15, -0.1) is 11.3 Å². The summed E-state index contributed by atoms with van der Waals surface area (Å²) in [6, 6.07) is 16.5. The molecule has 7 heteroatoms. The average molecular weight is 443 g/mol. The summed E-state index contributed by atoms with van der Waals surface area (Å²) in [6.07, 6.45) is 3.19. The molecule has 4 rings (SSSR count). The van der Waals surface area contributed by atoms with E-state index >= 15 is 0 Å². The zero-order chi connectivity index (χ0) is 21.3. The molecule has 0 saturated carbocycles. The van der Waals surface area contributed by atoms with Gasteiger partial charge in [0, 0.05) is 31.4 Å². The van der Waals surface area contributed by atoms with E-state index in [0.717, 1.165) is 34.9 Å². The molecule has 1 atom stereocenters. The third-order valence-corrected chi connectivity index (χ3v) is 8.83. The molecule has 2 heterocycles. The van der Waals surface area contributed by atoms with Gasteiger partial charge in [0.25, 0.3) is 5.91 Å². The lowest BCUT2D eigenvalue weighted by Crippen LogP contribution is -2.44. The Labute approximate surface area is 182 Å². The SMILES string of the molecule is CN(C)C(=O)c1sc2ccccc2c1C[C@@H]1CCCCN1S(=O)(=O)c1ccccc1. The summed E-state index contributed by atoms with van der Waals surface area (Å²) in [5.41, 5.74) is 0.967. The second kappa shape index (κ2) is 8.49. The van der Waals surface area contributed by atoms with E-state index in [1.54, 1.807) is 47.6 Å². The minimum absolute atomic E-state index is 0.0283. The van der Waals surface area contributed by atoms with Crippen LogP contribution < -0.4 is 0 Å². The molecule has 3 aromatic rings. The minimum Gasteiger partial charge on any atom is -0.344 e. The number of nitrogens with zero attached hydrogens (tertiary/aromatic N) is 2. The summed E-state index contributed by atoms with van der Waals surface area (Å²) in [5, 5.41) is 1.05. The van der Waals surface area contributed by atoms with Gasteiger partial charge in [-0.3, -0.25) is 4.79 Å². The van der Waals surface area contributed by atoms with Crippen LogP contribution in [0, 0.1) is 0 Å². The zero-order valence-electron chi connectivity index (χ0n) is 17.2. The van der Waals surface area contributed by atoms with Gasteiger partial charge in [-0.05, 0) is 48.4 Å². The van der Waals surface area contributed by atoms with E-state index in [0.29, 0.717) is 22.7 Å². The van der Waals surface area contributed by atoms with Crippen LogP contribution in [-0.4, -0.2) is 50.2 Å². The number of rotatable bonds is 5. The van der Waals surface area contributed by atoms with Gasteiger partial charge in [-0.25, -0.2) is 8.42 Å². The van der Waals surface area contributed by atoms with Crippen molar-refractivity contribution in [2.24, 2.45) is 0 Å². The molecule has 0 spiro atoms. The van der Waals surface area contributed by atoms with Crippen LogP contribution in [-0.2, 0) is 16.4 Å². The Balaban J connectivity index is 1.75. The minimum atomic E-state index is -3.58. The number of hydrogen-bond donors (Lipinski definition) is 0. The number of thiophene rings is 1. The van der Waals surface area contributed by atoms with E-state index in [4.69, 9.17) is 0 Å². The van der Waals surface area contributed by atoms with Crippen molar-refractivity contribution in [3.8, 4) is 0 Å². The van der Waals surface area contributed by atoms with Crippen molar-refractivity contribution in [3.05, 3.63) is 65.0 Å². The molecule has 0 radical (unpaired) electrons. The van der Waals surface area contributed by atoms with Crippen molar-refractivity contribution in [3.63, 3.8) is 0 Å². The zero-order valence-corrected chi connectivity index (χ0v) is 18.9. The van der Waals surface area contributed by atoms with Crippen LogP contribution in [0.25, 0.3) is 10.1 Å². The van der Waals surface area contributed by atoms with Gasteiger partial charge in [-0.1, -0.05) is 42.8 Å². The Morgan fingerprint density at radius 3 is 2.50 bits per heavy atom. The fourth-order valence-electron chi connectivity index (χ4n) is 4.14. The summed E-state index contributed by atoms with van der Waals surface area (Å²) in [7, 11) is -0.0692. The van der Waals surface area contributed by atoms with Gasteiger partial charge in [-0.2, -0.15) is 4.31 Å². The van der Waals surface area contributed by atoms with E-state index in [-0.39, 0.29) is 11.9 Å². The number of benzene rings is 2. The lowest BCUT2D eigenvalue weighted by molar-refractivity contribution is 0.0831. The number of fused-ring (bicyclic) bond motifs is 1. The predicted octanol–water partition coefficient (Wildman–Crippen LogP) is 4.39. The first-order valence-corrected chi connectivity index (χ1v) is 12.4.